The van der Waals surface area contributed by atoms with Crippen LogP contribution in [0.5, 0.6) is 11.5 Å². The third-order valence-electron chi connectivity index (χ3n) is 7.29. The predicted octanol–water partition coefficient (Wildman–Crippen LogP) is 7.42. The Morgan fingerprint density at radius 3 is 1.76 bits per heavy atom. The maximum absolute atomic E-state index is 14.8. The van der Waals surface area contributed by atoms with Crippen LogP contribution in [0.4, 0.5) is 4.79 Å². The van der Waals surface area contributed by atoms with E-state index in [1.54, 1.807) is 68.6 Å². The van der Waals surface area contributed by atoms with Crippen molar-refractivity contribution in [3.8, 4) is 11.5 Å². The lowest BCUT2D eigenvalue weighted by Gasteiger charge is -2.34. The topological polar surface area (TPSA) is 123 Å². The minimum Gasteiger partial charge on any atom is -0.444 e. The smallest absolute Gasteiger partial charge is 0.444 e. The van der Waals surface area contributed by atoms with Gasteiger partial charge in [-0.05, 0) is 106 Å². The molecule has 2 aromatic rings. The molecule has 0 saturated carbocycles. The average Bonchev–Trinajstić information content (AvgIpc) is 3.48. The number of benzene rings is 2. The van der Waals surface area contributed by atoms with E-state index in [-0.39, 0.29) is 17.7 Å². The van der Waals surface area contributed by atoms with Gasteiger partial charge in [-0.1, -0.05) is 27.7 Å². The lowest BCUT2D eigenvalue weighted by atomic mass is 10.0. The summed E-state index contributed by atoms with van der Waals surface area (Å²) in [6.45, 7) is 12.9. The summed E-state index contributed by atoms with van der Waals surface area (Å²) in [5, 5.41) is 5.63. The number of hydrogen-bond acceptors (Lipinski definition) is 9. The highest BCUT2D eigenvalue weighted by Crippen LogP contribution is 2.54. The van der Waals surface area contributed by atoms with Gasteiger partial charge >= 0.3 is 13.7 Å². The second-order valence-corrected chi connectivity index (χ2v) is 16.6. The molecule has 0 bridgehead atoms. The standard InChI is InChI=1S/C33H48N3O7PS2/c1-21(2)28(34-32(39)41-33(5,6)7)31(38)36-20-10-11-27(36)29(37)35-30(22(3)4)44(40,42-23-12-16-25(45-8)17-13-23)43-24-14-18-26(46-9)19-15-24/h12-19,21-22,27-28,30H,10-11,20H2,1-9H3,(H,34,39)(H,35,37)/t27-,28-,30+/m0/s1. The van der Waals surface area contributed by atoms with Crippen LogP contribution >= 0.6 is 31.1 Å². The first-order valence-corrected chi connectivity index (χ1v) is 19.5. The van der Waals surface area contributed by atoms with Crippen molar-refractivity contribution in [3.05, 3.63) is 48.5 Å². The largest absolute Gasteiger partial charge is 0.453 e. The number of nitrogens with one attached hydrogen (secondary N) is 2. The Morgan fingerprint density at radius 1 is 0.848 bits per heavy atom. The minimum absolute atomic E-state index is 0.259. The second-order valence-electron chi connectivity index (χ2n) is 12.8. The van der Waals surface area contributed by atoms with Crippen molar-refractivity contribution < 1.29 is 32.7 Å². The van der Waals surface area contributed by atoms with Gasteiger partial charge in [-0.25, -0.2) is 9.36 Å². The second kappa shape index (κ2) is 16.3. The SMILES string of the molecule is CSc1ccc(OP(=O)(Oc2ccc(SC)cc2)[C@@H](NC(=O)[C@@H]2CCCN2C(=O)[C@@H](NC(=O)OC(C)(C)C)C(C)C)C(C)C)cc1. The first-order valence-electron chi connectivity index (χ1n) is 15.4. The molecule has 1 heterocycles. The van der Waals surface area contributed by atoms with Gasteiger partial charge in [0.15, 0.2) is 5.78 Å². The van der Waals surface area contributed by atoms with Crippen LogP contribution in [0, 0.1) is 11.8 Å². The molecule has 254 valence electrons. The zero-order valence-corrected chi connectivity index (χ0v) is 30.7. The highest BCUT2D eigenvalue weighted by molar-refractivity contribution is 7.98. The Bertz CT molecular complexity index is 1330. The van der Waals surface area contributed by atoms with Crippen LogP contribution in [-0.4, -0.2) is 65.3 Å². The van der Waals surface area contributed by atoms with Crippen molar-refractivity contribution >= 4 is 49.0 Å². The fraction of sp³-hybridized carbons (Fsp3) is 0.545. The van der Waals surface area contributed by atoms with Crippen molar-refractivity contribution in [3.63, 3.8) is 0 Å². The zero-order chi connectivity index (χ0) is 34.2. The van der Waals surface area contributed by atoms with Crippen molar-refractivity contribution in [2.75, 3.05) is 19.1 Å². The summed E-state index contributed by atoms with van der Waals surface area (Å²) in [5.41, 5.74) is -0.733. The van der Waals surface area contributed by atoms with E-state index >= 15 is 0 Å². The number of ether oxygens (including phenoxy) is 1. The molecule has 0 unspecified atom stereocenters. The predicted molar refractivity (Wildman–Crippen MR) is 185 cm³/mol. The molecule has 1 saturated heterocycles. The van der Waals surface area contributed by atoms with Gasteiger partial charge in [-0.3, -0.25) is 9.59 Å². The highest BCUT2D eigenvalue weighted by atomic mass is 32.2. The first kappa shape index (κ1) is 37.6. The van der Waals surface area contributed by atoms with Crippen LogP contribution in [0.2, 0.25) is 0 Å². The van der Waals surface area contributed by atoms with Crippen molar-refractivity contribution in [1.29, 1.82) is 0 Å². The van der Waals surface area contributed by atoms with Gasteiger partial charge < -0.3 is 29.3 Å². The molecule has 13 heteroatoms. The summed E-state index contributed by atoms with van der Waals surface area (Å²) in [4.78, 5) is 43.8. The molecule has 0 aromatic heterocycles. The van der Waals surface area contributed by atoms with Crippen LogP contribution in [0.25, 0.3) is 0 Å². The number of nitrogens with zero attached hydrogens (tertiary/aromatic N) is 1. The van der Waals surface area contributed by atoms with Gasteiger partial charge in [0, 0.05) is 16.3 Å². The van der Waals surface area contributed by atoms with Gasteiger partial charge in [0.1, 0.15) is 29.2 Å². The normalized spacial score (nSPS) is 16.6. The summed E-state index contributed by atoms with van der Waals surface area (Å²) in [7, 11) is -4.11. The number of hydrogen-bond donors (Lipinski definition) is 2. The van der Waals surface area contributed by atoms with E-state index in [0.717, 1.165) is 9.79 Å². The van der Waals surface area contributed by atoms with Gasteiger partial charge in [0.25, 0.3) is 0 Å². The number of rotatable bonds is 13. The number of thioether (sulfide) groups is 2. The monoisotopic (exact) mass is 693 g/mol. The molecule has 1 fully saturated rings. The maximum atomic E-state index is 14.8. The van der Waals surface area contributed by atoms with Crippen molar-refractivity contribution in [1.82, 2.24) is 15.5 Å². The summed E-state index contributed by atoms with van der Waals surface area (Å²) in [5.74, 6) is -1.83. The van der Waals surface area contributed by atoms with E-state index in [1.165, 1.54) is 4.90 Å². The minimum atomic E-state index is -4.11. The molecule has 3 rings (SSSR count). The lowest BCUT2D eigenvalue weighted by molar-refractivity contribution is -0.141. The average molecular weight is 694 g/mol. The molecule has 3 atom stereocenters. The number of amides is 3. The molecule has 2 N–H and O–H groups in total. The van der Waals surface area contributed by atoms with Crippen molar-refractivity contribution in [2.24, 2.45) is 11.8 Å². The Morgan fingerprint density at radius 2 is 1.35 bits per heavy atom. The molecule has 3 amide bonds. The van der Waals surface area contributed by atoms with Crippen LogP contribution in [0.1, 0.15) is 61.3 Å². The third-order valence-corrected chi connectivity index (χ3v) is 11.1. The molecule has 0 aliphatic carbocycles. The van der Waals surface area contributed by atoms with Crippen LogP contribution < -0.4 is 19.7 Å². The quantitative estimate of drug-likeness (QED) is 0.163. The Kier molecular flexibility index (Phi) is 13.4. The third kappa shape index (κ3) is 10.3. The molecule has 10 nitrogen and oxygen atoms in total. The summed E-state index contributed by atoms with van der Waals surface area (Å²) in [6.07, 6.45) is 4.23. The fourth-order valence-corrected chi connectivity index (χ4v) is 7.91. The van der Waals surface area contributed by atoms with E-state index in [0.29, 0.717) is 30.9 Å². The van der Waals surface area contributed by atoms with E-state index in [1.807, 2.05) is 64.5 Å². The molecule has 1 aliphatic rings. The molecule has 46 heavy (non-hydrogen) atoms. The molecule has 0 spiro atoms. The molecular formula is C33H48N3O7PS2. The lowest BCUT2D eigenvalue weighted by Crippen LogP contribution is -2.56. The van der Waals surface area contributed by atoms with Crippen LogP contribution in [0.3, 0.4) is 0 Å². The Labute approximate surface area is 282 Å². The van der Waals surface area contributed by atoms with E-state index in [4.69, 9.17) is 13.8 Å². The zero-order valence-electron chi connectivity index (χ0n) is 28.2. The van der Waals surface area contributed by atoms with Crippen LogP contribution in [-0.2, 0) is 18.9 Å². The number of alkyl carbamates (subject to hydrolysis) is 1. The van der Waals surface area contributed by atoms with Crippen LogP contribution in [0.15, 0.2) is 58.3 Å². The molecule has 2 aromatic carbocycles. The Balaban J connectivity index is 1.89. The van der Waals surface area contributed by atoms with Gasteiger partial charge in [-0.2, -0.15) is 0 Å². The van der Waals surface area contributed by atoms with E-state index in [9.17, 15) is 18.9 Å². The van der Waals surface area contributed by atoms with Gasteiger partial charge in [0.05, 0.1) is 0 Å². The molecule has 0 radical (unpaired) electrons. The first-order chi connectivity index (χ1) is 21.6. The summed E-state index contributed by atoms with van der Waals surface area (Å²) < 4.78 is 32.5. The number of likely N-dealkylation sites (tertiary alicyclic amines) is 1. The van der Waals surface area contributed by atoms with E-state index < -0.39 is 43.1 Å². The highest BCUT2D eigenvalue weighted by Gasteiger charge is 2.46. The molecular weight excluding hydrogens is 645 g/mol. The van der Waals surface area contributed by atoms with Gasteiger partial charge in [-0.15, -0.1) is 23.5 Å². The van der Waals surface area contributed by atoms with E-state index in [2.05, 4.69) is 10.6 Å². The summed E-state index contributed by atoms with van der Waals surface area (Å²) in [6, 6.07) is 12.6. The number of carbonyl (C=O) groups is 3. The summed E-state index contributed by atoms with van der Waals surface area (Å²) >= 11 is 3.14. The maximum Gasteiger partial charge on any atom is 0.453 e. The fourth-order valence-electron chi connectivity index (χ4n) is 4.98. The van der Waals surface area contributed by atoms with Crippen molar-refractivity contribution in [2.45, 2.75) is 94.6 Å². The Hall–Kier alpha value is -2.82. The van der Waals surface area contributed by atoms with Gasteiger partial charge in [0.2, 0.25) is 11.8 Å². The number of carbonyl (C=O) groups excluding carboxylic acids is 3. The molecule has 1 aliphatic heterocycles.